The second-order valence-corrected chi connectivity index (χ2v) is 12.5. The predicted octanol–water partition coefficient (Wildman–Crippen LogP) is 7.27. The molecule has 0 aliphatic rings. The lowest BCUT2D eigenvalue weighted by atomic mass is 10.0. The summed E-state index contributed by atoms with van der Waals surface area (Å²) in [6.45, 7) is 0.807. The van der Waals surface area contributed by atoms with Crippen LogP contribution in [0.4, 0.5) is 30.7 Å². The average molecular weight is 722 g/mol. The topological polar surface area (TPSA) is 127 Å². The monoisotopic (exact) mass is 721 g/mol. The van der Waals surface area contributed by atoms with E-state index in [9.17, 15) is 48.7 Å². The van der Waals surface area contributed by atoms with Crippen LogP contribution in [0.25, 0.3) is 11.3 Å². The summed E-state index contributed by atoms with van der Waals surface area (Å²) in [4.78, 5) is 35.8. The zero-order valence-electron chi connectivity index (χ0n) is 24.8. The molecule has 1 aromatic heterocycles. The number of carbonyl (C=O) groups is 2. The maximum absolute atomic E-state index is 13.6. The van der Waals surface area contributed by atoms with Crippen LogP contribution in [0.1, 0.15) is 43.0 Å². The van der Waals surface area contributed by atoms with Crippen LogP contribution in [0.2, 0.25) is 5.02 Å². The number of alkyl halides is 6. The van der Waals surface area contributed by atoms with Gasteiger partial charge >= 0.3 is 18.3 Å². The number of aryl methyl sites for hydroxylation is 1. The van der Waals surface area contributed by atoms with Gasteiger partial charge in [-0.2, -0.15) is 31.6 Å². The van der Waals surface area contributed by atoms with Crippen LogP contribution >= 0.6 is 11.6 Å². The quantitative estimate of drug-likeness (QED) is 0.0954. The number of hydrogen-bond donors (Lipinski definition) is 1. The van der Waals surface area contributed by atoms with Gasteiger partial charge in [-0.3, -0.25) is 9.68 Å². The van der Waals surface area contributed by atoms with Gasteiger partial charge in [-0.15, -0.1) is 0 Å². The molecule has 1 amide bonds. The van der Waals surface area contributed by atoms with Crippen LogP contribution in [-0.2, 0) is 33.6 Å². The van der Waals surface area contributed by atoms with Gasteiger partial charge < -0.3 is 4.90 Å². The zero-order valence-corrected chi connectivity index (χ0v) is 26.4. The van der Waals surface area contributed by atoms with Crippen LogP contribution < -0.4 is 0 Å². The summed E-state index contributed by atoms with van der Waals surface area (Å²) in [6, 6.07) is 10.5. The lowest BCUT2D eigenvalue weighted by Crippen LogP contribution is -2.28. The van der Waals surface area contributed by atoms with Crippen LogP contribution in [0, 0.1) is 12.7 Å². The highest BCUT2D eigenvalue weighted by molar-refractivity contribution is 7.90. The van der Waals surface area contributed by atoms with Gasteiger partial charge in [0.05, 0.1) is 27.9 Å². The van der Waals surface area contributed by atoms with Crippen molar-refractivity contribution in [2.75, 3.05) is 13.3 Å². The van der Waals surface area contributed by atoms with Crippen molar-refractivity contribution in [2.24, 2.45) is 0 Å². The molecular formula is C30H23ClF7N3O6S. The van der Waals surface area contributed by atoms with Crippen LogP contribution in [0.5, 0.6) is 0 Å². The maximum Gasteiger partial charge on any atom is 0.416 e. The Morgan fingerprint density at radius 2 is 1.56 bits per heavy atom. The minimum absolute atomic E-state index is 0.0293. The number of hydrogen-bond acceptors (Lipinski definition) is 8. The SMILES string of the molecule is Cc1cc(F)ccc1-c1nc(S(C)(=O)=O)ncc1C(=O)N(C)Cc1cc(C(F)(F)F)cc(C(F)(F)F)c1.O=C(OO)c1cccc(Cl)c1. The van der Waals surface area contributed by atoms with Gasteiger partial charge in [0, 0.05) is 36.6 Å². The van der Waals surface area contributed by atoms with Crippen LogP contribution in [-0.4, -0.2) is 53.7 Å². The van der Waals surface area contributed by atoms with Crippen molar-refractivity contribution in [3.63, 3.8) is 0 Å². The fourth-order valence-electron chi connectivity index (χ4n) is 4.13. The molecule has 48 heavy (non-hydrogen) atoms. The standard InChI is InChI=1S/C23H18F7N3O3S.C7H5ClO3/c1-12-6-16(24)4-5-17(12)19-18(10-31-21(32-19)37(3,35)36)20(34)33(2)11-13-7-14(22(25,26)27)9-15(8-13)23(28,29)30;8-6-3-1-2-5(4-6)7(9)11-10/h4-10H,11H2,1-3H3;1-4,10H. The molecule has 4 aromatic rings. The van der Waals surface area contributed by atoms with E-state index in [-0.39, 0.29) is 34.0 Å². The van der Waals surface area contributed by atoms with Gasteiger partial charge in [0.25, 0.3) is 5.91 Å². The smallest absolute Gasteiger partial charge is 0.337 e. The molecule has 0 bridgehead atoms. The molecule has 0 radical (unpaired) electrons. The number of rotatable bonds is 6. The molecule has 0 aliphatic carbocycles. The summed E-state index contributed by atoms with van der Waals surface area (Å²) in [7, 11) is -2.81. The van der Waals surface area contributed by atoms with Gasteiger partial charge in [-0.1, -0.05) is 17.7 Å². The third-order valence-electron chi connectivity index (χ3n) is 6.33. The van der Waals surface area contributed by atoms with Crippen molar-refractivity contribution < 1.29 is 58.9 Å². The number of sulfone groups is 1. The van der Waals surface area contributed by atoms with E-state index in [2.05, 4.69) is 14.9 Å². The maximum atomic E-state index is 13.6. The molecular weight excluding hydrogens is 699 g/mol. The molecule has 0 atom stereocenters. The molecule has 1 N–H and O–H groups in total. The molecule has 256 valence electrons. The molecule has 4 rings (SSSR count). The summed E-state index contributed by atoms with van der Waals surface area (Å²) in [5.74, 6) is -2.36. The van der Waals surface area contributed by atoms with Crippen molar-refractivity contribution in [1.82, 2.24) is 14.9 Å². The zero-order chi connectivity index (χ0) is 36.2. The van der Waals surface area contributed by atoms with E-state index < -0.39 is 68.3 Å². The minimum atomic E-state index is -5.07. The number of carbonyl (C=O) groups excluding carboxylic acids is 2. The van der Waals surface area contributed by atoms with E-state index in [1.165, 1.54) is 25.1 Å². The average Bonchev–Trinajstić information content (AvgIpc) is 2.99. The summed E-state index contributed by atoms with van der Waals surface area (Å²) < 4.78 is 117. The molecule has 1 heterocycles. The Hall–Kier alpha value is -4.61. The lowest BCUT2D eigenvalue weighted by molar-refractivity contribution is -0.182. The first-order valence-corrected chi connectivity index (χ1v) is 15.4. The molecule has 0 saturated heterocycles. The lowest BCUT2D eigenvalue weighted by Gasteiger charge is -2.21. The number of aromatic nitrogens is 2. The van der Waals surface area contributed by atoms with Crippen molar-refractivity contribution >= 4 is 33.3 Å². The molecule has 0 spiro atoms. The number of benzene rings is 3. The molecule has 0 unspecified atom stereocenters. The third kappa shape index (κ3) is 9.71. The Morgan fingerprint density at radius 3 is 2.06 bits per heavy atom. The largest absolute Gasteiger partial charge is 0.416 e. The molecule has 18 heteroatoms. The predicted molar refractivity (Wildman–Crippen MR) is 157 cm³/mol. The van der Waals surface area contributed by atoms with E-state index in [0.717, 1.165) is 36.5 Å². The van der Waals surface area contributed by atoms with Crippen molar-refractivity contribution in [3.05, 3.63) is 111 Å². The first-order chi connectivity index (χ1) is 22.1. The summed E-state index contributed by atoms with van der Waals surface area (Å²) in [6.07, 6.45) is -8.43. The van der Waals surface area contributed by atoms with Gasteiger partial charge in [-0.25, -0.2) is 27.6 Å². The van der Waals surface area contributed by atoms with Crippen molar-refractivity contribution in [2.45, 2.75) is 31.0 Å². The Morgan fingerprint density at radius 1 is 0.958 bits per heavy atom. The van der Waals surface area contributed by atoms with Crippen LogP contribution in [0.15, 0.2) is 72.0 Å². The summed E-state index contributed by atoms with van der Waals surface area (Å²) in [5, 5.41) is 7.77. The first-order valence-electron chi connectivity index (χ1n) is 13.1. The summed E-state index contributed by atoms with van der Waals surface area (Å²) in [5.41, 5.74) is -3.36. The minimum Gasteiger partial charge on any atom is -0.337 e. The van der Waals surface area contributed by atoms with Crippen molar-refractivity contribution in [3.8, 4) is 11.3 Å². The van der Waals surface area contributed by atoms with E-state index in [4.69, 9.17) is 16.9 Å². The normalized spacial score (nSPS) is 11.8. The molecule has 3 aromatic carbocycles. The van der Waals surface area contributed by atoms with E-state index in [0.29, 0.717) is 17.2 Å². The highest BCUT2D eigenvalue weighted by Gasteiger charge is 2.37. The molecule has 9 nitrogen and oxygen atoms in total. The van der Waals surface area contributed by atoms with Crippen molar-refractivity contribution in [1.29, 1.82) is 0 Å². The second kappa shape index (κ2) is 14.7. The fraction of sp³-hybridized carbons (Fsp3) is 0.200. The molecule has 0 saturated carbocycles. The van der Waals surface area contributed by atoms with Gasteiger partial charge in [0.1, 0.15) is 5.82 Å². The molecule has 0 fully saturated rings. The van der Waals surface area contributed by atoms with Gasteiger partial charge in [0.2, 0.25) is 15.0 Å². The Labute approximate surface area is 273 Å². The van der Waals surface area contributed by atoms with E-state index >= 15 is 0 Å². The van der Waals surface area contributed by atoms with E-state index in [1.54, 1.807) is 12.1 Å². The van der Waals surface area contributed by atoms with Gasteiger partial charge in [0.15, 0.2) is 0 Å². The number of halogens is 8. The first kappa shape index (κ1) is 37.8. The fourth-order valence-corrected chi connectivity index (χ4v) is 4.82. The van der Waals surface area contributed by atoms with E-state index in [1.807, 2.05) is 0 Å². The Balaban J connectivity index is 0.000000480. The van der Waals surface area contributed by atoms with Gasteiger partial charge in [-0.05, 0) is 72.6 Å². The second-order valence-electron chi connectivity index (χ2n) is 10.1. The highest BCUT2D eigenvalue weighted by atomic mass is 35.5. The summed E-state index contributed by atoms with van der Waals surface area (Å²) >= 11 is 5.56. The molecule has 0 aliphatic heterocycles. The Bertz CT molecular complexity index is 1920. The number of amides is 1. The number of nitrogens with zero attached hydrogens (tertiary/aromatic N) is 3. The highest BCUT2D eigenvalue weighted by Crippen LogP contribution is 2.37. The Kier molecular flexibility index (Phi) is 11.6. The van der Waals surface area contributed by atoms with Crippen LogP contribution in [0.3, 0.4) is 0 Å². The third-order valence-corrected chi connectivity index (χ3v) is 7.42.